The normalized spacial score (nSPS) is 16.3. The Balaban J connectivity index is 1.61. The summed E-state index contributed by atoms with van der Waals surface area (Å²) in [7, 11) is 0. The number of anilines is 1. The molecule has 7 heteroatoms. The molecule has 0 spiro atoms. The van der Waals surface area contributed by atoms with Crippen LogP contribution in [0.3, 0.4) is 0 Å². The molecule has 0 saturated carbocycles. The molecule has 0 aliphatic carbocycles. The molecule has 0 unspecified atom stereocenters. The number of halogens is 1. The second kappa shape index (κ2) is 7.80. The van der Waals surface area contributed by atoms with Gasteiger partial charge in [0.25, 0.3) is 5.91 Å². The van der Waals surface area contributed by atoms with Gasteiger partial charge in [0, 0.05) is 29.2 Å². The van der Waals surface area contributed by atoms with Gasteiger partial charge in [-0.15, -0.1) is 0 Å². The summed E-state index contributed by atoms with van der Waals surface area (Å²) >= 11 is 5.79. The van der Waals surface area contributed by atoms with E-state index in [0.717, 1.165) is 16.8 Å². The van der Waals surface area contributed by atoms with Crippen molar-refractivity contribution in [2.24, 2.45) is 5.92 Å². The number of carbonyl (C=O) groups is 3. The van der Waals surface area contributed by atoms with E-state index in [9.17, 15) is 14.4 Å². The van der Waals surface area contributed by atoms with E-state index < -0.39 is 17.7 Å². The molecule has 27 heavy (non-hydrogen) atoms. The lowest BCUT2D eigenvalue weighted by molar-refractivity contribution is -0.126. The molecule has 1 aliphatic rings. The predicted octanol–water partition coefficient (Wildman–Crippen LogP) is 2.77. The number of nitrogens with zero attached hydrogens (tertiary/aromatic N) is 1. The Morgan fingerprint density at radius 1 is 1.07 bits per heavy atom. The van der Waals surface area contributed by atoms with Crippen LogP contribution in [-0.2, 0) is 9.59 Å². The van der Waals surface area contributed by atoms with Crippen LogP contribution >= 0.6 is 11.6 Å². The van der Waals surface area contributed by atoms with Crippen molar-refractivity contribution in [3.63, 3.8) is 0 Å². The maximum absolute atomic E-state index is 12.4. The molecule has 0 bridgehead atoms. The third kappa shape index (κ3) is 4.11. The molecule has 1 saturated heterocycles. The van der Waals surface area contributed by atoms with Crippen LogP contribution in [-0.4, -0.2) is 24.3 Å². The summed E-state index contributed by atoms with van der Waals surface area (Å²) in [5, 5.41) is 0.520. The highest BCUT2D eigenvalue weighted by Gasteiger charge is 2.36. The van der Waals surface area contributed by atoms with Crippen LogP contribution in [0.1, 0.15) is 27.9 Å². The molecule has 0 aromatic heterocycles. The highest BCUT2D eigenvalue weighted by Crippen LogP contribution is 2.29. The smallest absolute Gasteiger partial charge is 0.269 e. The highest BCUT2D eigenvalue weighted by molar-refractivity contribution is 6.30. The summed E-state index contributed by atoms with van der Waals surface area (Å²) in [6.07, 6.45) is 0.107. The van der Waals surface area contributed by atoms with Crippen molar-refractivity contribution < 1.29 is 14.4 Å². The van der Waals surface area contributed by atoms with Crippen molar-refractivity contribution in [1.82, 2.24) is 10.9 Å². The molecule has 1 heterocycles. The zero-order valence-electron chi connectivity index (χ0n) is 15.1. The summed E-state index contributed by atoms with van der Waals surface area (Å²) in [5.74, 6) is -1.47. The number of hydrogen-bond donors (Lipinski definition) is 2. The van der Waals surface area contributed by atoms with Gasteiger partial charge in [-0.05, 0) is 55.3 Å². The lowest BCUT2D eigenvalue weighted by atomic mass is 10.1. The number of nitrogens with one attached hydrogen (secondary N) is 2. The number of hydrazine groups is 1. The van der Waals surface area contributed by atoms with Crippen molar-refractivity contribution in [2.45, 2.75) is 20.3 Å². The third-order valence-electron chi connectivity index (χ3n) is 4.77. The molecule has 3 amide bonds. The first-order valence-corrected chi connectivity index (χ1v) is 8.97. The fraction of sp³-hybridized carbons (Fsp3) is 0.250. The Labute approximate surface area is 162 Å². The van der Waals surface area contributed by atoms with Crippen LogP contribution in [0.4, 0.5) is 5.69 Å². The molecule has 3 rings (SSSR count). The molecule has 1 atom stereocenters. The Kier molecular flexibility index (Phi) is 5.46. The Morgan fingerprint density at radius 2 is 1.78 bits per heavy atom. The fourth-order valence-electron chi connectivity index (χ4n) is 3.04. The highest BCUT2D eigenvalue weighted by atomic mass is 35.5. The monoisotopic (exact) mass is 385 g/mol. The van der Waals surface area contributed by atoms with Gasteiger partial charge in [-0.1, -0.05) is 23.7 Å². The topological polar surface area (TPSA) is 78.5 Å². The number of aryl methyl sites for hydroxylation is 1. The SMILES string of the molecule is Cc1cccc(N2C[C@@H](C(=O)NNC(=O)c3ccc(Cl)cc3)CC2=O)c1C. The van der Waals surface area contributed by atoms with E-state index in [1.54, 1.807) is 29.2 Å². The lowest BCUT2D eigenvalue weighted by Gasteiger charge is -2.20. The minimum Gasteiger partial charge on any atom is -0.311 e. The van der Waals surface area contributed by atoms with Gasteiger partial charge in [-0.25, -0.2) is 0 Å². The van der Waals surface area contributed by atoms with Gasteiger partial charge in [0.15, 0.2) is 0 Å². The quantitative estimate of drug-likeness (QED) is 0.797. The first-order chi connectivity index (χ1) is 12.9. The second-order valence-corrected chi connectivity index (χ2v) is 7.01. The molecule has 0 radical (unpaired) electrons. The van der Waals surface area contributed by atoms with E-state index in [0.29, 0.717) is 10.6 Å². The number of amides is 3. The second-order valence-electron chi connectivity index (χ2n) is 6.57. The largest absolute Gasteiger partial charge is 0.311 e. The number of hydrogen-bond acceptors (Lipinski definition) is 3. The van der Waals surface area contributed by atoms with E-state index in [-0.39, 0.29) is 18.9 Å². The van der Waals surface area contributed by atoms with Gasteiger partial charge < -0.3 is 4.90 Å². The van der Waals surface area contributed by atoms with E-state index in [2.05, 4.69) is 10.9 Å². The summed E-state index contributed by atoms with van der Waals surface area (Å²) in [6, 6.07) is 12.1. The maximum Gasteiger partial charge on any atom is 0.269 e. The molecule has 2 N–H and O–H groups in total. The Hall–Kier alpha value is -2.86. The minimum atomic E-state index is -0.525. The standard InChI is InChI=1S/C20H20ClN3O3/c1-12-4-3-5-17(13(12)2)24-11-15(10-18(24)25)20(27)23-22-19(26)14-6-8-16(21)9-7-14/h3-9,15H,10-11H2,1-2H3,(H,22,26)(H,23,27)/t15-/m0/s1. The van der Waals surface area contributed by atoms with Crippen molar-refractivity contribution in [2.75, 3.05) is 11.4 Å². The van der Waals surface area contributed by atoms with Crippen molar-refractivity contribution >= 4 is 35.0 Å². The molecule has 1 aliphatic heterocycles. The average Bonchev–Trinajstić information content (AvgIpc) is 3.04. The van der Waals surface area contributed by atoms with Gasteiger partial charge in [-0.3, -0.25) is 25.2 Å². The summed E-state index contributed by atoms with van der Waals surface area (Å²) in [5.41, 5.74) is 8.08. The summed E-state index contributed by atoms with van der Waals surface area (Å²) in [4.78, 5) is 38.5. The molecule has 2 aromatic rings. The molecule has 6 nitrogen and oxygen atoms in total. The average molecular weight is 386 g/mol. The number of benzene rings is 2. The van der Waals surface area contributed by atoms with E-state index >= 15 is 0 Å². The van der Waals surface area contributed by atoms with E-state index in [1.807, 2.05) is 32.0 Å². The van der Waals surface area contributed by atoms with Crippen molar-refractivity contribution in [1.29, 1.82) is 0 Å². The van der Waals surface area contributed by atoms with Gasteiger partial charge in [0.05, 0.1) is 5.92 Å². The van der Waals surface area contributed by atoms with Crippen LogP contribution in [0.2, 0.25) is 5.02 Å². The van der Waals surface area contributed by atoms with Crippen LogP contribution in [0.25, 0.3) is 0 Å². The number of carbonyl (C=O) groups excluding carboxylic acids is 3. The third-order valence-corrected chi connectivity index (χ3v) is 5.02. The zero-order valence-corrected chi connectivity index (χ0v) is 15.8. The van der Waals surface area contributed by atoms with Crippen LogP contribution in [0.5, 0.6) is 0 Å². The number of rotatable bonds is 3. The van der Waals surface area contributed by atoms with Crippen LogP contribution in [0.15, 0.2) is 42.5 Å². The Morgan fingerprint density at radius 3 is 2.48 bits per heavy atom. The van der Waals surface area contributed by atoms with Gasteiger partial charge in [0.1, 0.15) is 0 Å². The van der Waals surface area contributed by atoms with Crippen molar-refractivity contribution in [3.05, 3.63) is 64.2 Å². The van der Waals surface area contributed by atoms with Gasteiger partial charge in [0.2, 0.25) is 11.8 Å². The van der Waals surface area contributed by atoms with E-state index in [1.165, 1.54) is 0 Å². The minimum absolute atomic E-state index is 0.104. The maximum atomic E-state index is 12.4. The Bertz CT molecular complexity index is 896. The molecule has 1 fully saturated rings. The van der Waals surface area contributed by atoms with E-state index in [4.69, 9.17) is 11.6 Å². The van der Waals surface area contributed by atoms with Crippen molar-refractivity contribution in [3.8, 4) is 0 Å². The first kappa shape index (κ1) is 18.9. The van der Waals surface area contributed by atoms with Crippen LogP contribution in [0, 0.1) is 19.8 Å². The summed E-state index contributed by atoms with van der Waals surface area (Å²) in [6.45, 7) is 4.22. The molecular weight excluding hydrogens is 366 g/mol. The van der Waals surface area contributed by atoms with Crippen LogP contribution < -0.4 is 15.8 Å². The zero-order chi connectivity index (χ0) is 19.6. The molecule has 2 aromatic carbocycles. The molecule has 140 valence electrons. The fourth-order valence-corrected chi connectivity index (χ4v) is 3.16. The first-order valence-electron chi connectivity index (χ1n) is 8.59. The predicted molar refractivity (Wildman–Crippen MR) is 103 cm³/mol. The molecular formula is C20H20ClN3O3. The van der Waals surface area contributed by atoms with Gasteiger partial charge >= 0.3 is 0 Å². The lowest BCUT2D eigenvalue weighted by Crippen LogP contribution is -2.45. The summed E-state index contributed by atoms with van der Waals surface area (Å²) < 4.78 is 0. The van der Waals surface area contributed by atoms with Gasteiger partial charge in [-0.2, -0.15) is 0 Å².